The van der Waals surface area contributed by atoms with Gasteiger partial charge in [-0.25, -0.2) is 4.89 Å². The maximum absolute atomic E-state index is 9.00. The molecule has 6 heteroatoms. The Labute approximate surface area is 65.3 Å². The van der Waals surface area contributed by atoms with Crippen molar-refractivity contribution in [3.05, 3.63) is 0 Å². The average molecular weight is 186 g/mol. The van der Waals surface area contributed by atoms with Crippen LogP contribution in [0.2, 0.25) is 0 Å². The molecule has 0 heterocycles. The van der Waals surface area contributed by atoms with Crippen molar-refractivity contribution in [3.63, 3.8) is 0 Å². The molecule has 1 atom stereocenters. The lowest BCUT2D eigenvalue weighted by Crippen LogP contribution is -1.94. The molecule has 0 aromatic rings. The predicted octanol–water partition coefficient (Wildman–Crippen LogP) is 1.21. The van der Waals surface area contributed by atoms with Gasteiger partial charge in [0.2, 0.25) is 0 Å². The van der Waals surface area contributed by atoms with E-state index >= 15 is 0 Å². The van der Waals surface area contributed by atoms with Gasteiger partial charge in [0, 0.05) is 0 Å². The van der Waals surface area contributed by atoms with Gasteiger partial charge in [0.25, 0.3) is 0 Å². The summed E-state index contributed by atoms with van der Waals surface area (Å²) in [6, 6.07) is 0. The zero-order valence-electron chi connectivity index (χ0n) is 5.94. The van der Waals surface area contributed by atoms with Gasteiger partial charge in [-0.05, 0) is 18.2 Å². The van der Waals surface area contributed by atoms with Crippen LogP contribution in [0.25, 0.3) is 0 Å². The summed E-state index contributed by atoms with van der Waals surface area (Å²) in [6.45, 7) is -0.807. The fourth-order valence-electron chi connectivity index (χ4n) is 0.322. The van der Waals surface area contributed by atoms with E-state index in [1.54, 1.807) is 0 Å². The molecule has 1 unspecified atom stereocenters. The van der Waals surface area contributed by atoms with E-state index < -0.39 is 6.72 Å². The second-order valence-corrected chi connectivity index (χ2v) is 4.27. The highest BCUT2D eigenvalue weighted by atomic mass is 32.5. The molecule has 0 rings (SSSR count). The van der Waals surface area contributed by atoms with E-state index in [2.05, 4.69) is 21.4 Å². The standard InChI is InChI=1S/C4H11O4PS/c1-3-4-7-9(5,10)8-6-2/h3-4H2,1-2H3,(H,5,10). The Kier molecular flexibility index (Phi) is 5.44. The molecule has 0 spiro atoms. The molecular weight excluding hydrogens is 175 g/mol. The summed E-state index contributed by atoms with van der Waals surface area (Å²) in [5.74, 6) is 0. The summed E-state index contributed by atoms with van der Waals surface area (Å²) in [4.78, 5) is 13.2. The van der Waals surface area contributed by atoms with E-state index in [4.69, 9.17) is 9.42 Å². The van der Waals surface area contributed by atoms with Crippen molar-refractivity contribution >= 4 is 18.5 Å². The van der Waals surface area contributed by atoms with E-state index in [1.807, 2.05) is 6.92 Å². The molecule has 0 aromatic heterocycles. The van der Waals surface area contributed by atoms with Crippen molar-refractivity contribution in [1.82, 2.24) is 0 Å². The molecule has 0 aliphatic carbocycles. The van der Waals surface area contributed by atoms with Gasteiger partial charge < -0.3 is 9.42 Å². The lowest BCUT2D eigenvalue weighted by atomic mass is 10.5. The van der Waals surface area contributed by atoms with Crippen LogP contribution < -0.4 is 0 Å². The molecule has 0 saturated heterocycles. The van der Waals surface area contributed by atoms with Crippen molar-refractivity contribution in [2.24, 2.45) is 0 Å². The van der Waals surface area contributed by atoms with Gasteiger partial charge >= 0.3 is 6.72 Å². The van der Waals surface area contributed by atoms with E-state index in [1.165, 1.54) is 7.11 Å². The largest absolute Gasteiger partial charge is 0.353 e. The monoisotopic (exact) mass is 186 g/mol. The van der Waals surface area contributed by atoms with Crippen LogP contribution in [0.3, 0.4) is 0 Å². The lowest BCUT2D eigenvalue weighted by molar-refractivity contribution is -0.188. The molecule has 0 radical (unpaired) electrons. The van der Waals surface area contributed by atoms with Gasteiger partial charge in [-0.3, -0.25) is 0 Å². The third kappa shape index (κ3) is 5.29. The Morgan fingerprint density at radius 3 is 2.60 bits per heavy atom. The first-order valence-corrected chi connectivity index (χ1v) is 5.41. The first-order chi connectivity index (χ1) is 4.62. The highest BCUT2D eigenvalue weighted by Crippen LogP contribution is 2.43. The van der Waals surface area contributed by atoms with Crippen molar-refractivity contribution in [2.75, 3.05) is 13.7 Å². The normalized spacial score (nSPS) is 16.7. The lowest BCUT2D eigenvalue weighted by Gasteiger charge is -2.11. The quantitative estimate of drug-likeness (QED) is 0.397. The molecular formula is C4H11O4PS. The second kappa shape index (κ2) is 5.18. The zero-order valence-corrected chi connectivity index (χ0v) is 7.65. The Morgan fingerprint density at radius 2 is 2.20 bits per heavy atom. The fraction of sp³-hybridized carbons (Fsp3) is 1.00. The van der Waals surface area contributed by atoms with Gasteiger partial charge in [0.15, 0.2) is 0 Å². The minimum atomic E-state index is -3.10. The van der Waals surface area contributed by atoms with Crippen LogP contribution in [0.15, 0.2) is 0 Å². The first kappa shape index (κ1) is 10.5. The van der Waals surface area contributed by atoms with Crippen LogP contribution in [-0.2, 0) is 25.9 Å². The highest BCUT2D eigenvalue weighted by Gasteiger charge is 2.14. The van der Waals surface area contributed by atoms with Crippen LogP contribution in [-0.4, -0.2) is 18.6 Å². The van der Waals surface area contributed by atoms with E-state index in [0.29, 0.717) is 6.61 Å². The third-order valence-corrected chi connectivity index (χ3v) is 1.97. The van der Waals surface area contributed by atoms with Gasteiger partial charge in [-0.2, -0.15) is 0 Å². The Balaban J connectivity index is 3.53. The van der Waals surface area contributed by atoms with Gasteiger partial charge in [-0.1, -0.05) is 6.92 Å². The molecule has 10 heavy (non-hydrogen) atoms. The molecule has 1 N–H and O–H groups in total. The third-order valence-electron chi connectivity index (χ3n) is 0.627. The Morgan fingerprint density at radius 1 is 1.60 bits per heavy atom. The van der Waals surface area contributed by atoms with Crippen LogP contribution in [0.1, 0.15) is 13.3 Å². The first-order valence-electron chi connectivity index (χ1n) is 2.82. The van der Waals surface area contributed by atoms with Crippen LogP contribution in [0.4, 0.5) is 0 Å². The van der Waals surface area contributed by atoms with E-state index in [-0.39, 0.29) is 0 Å². The molecule has 62 valence electrons. The molecule has 0 aliphatic heterocycles. The van der Waals surface area contributed by atoms with E-state index in [0.717, 1.165) is 6.42 Å². The van der Waals surface area contributed by atoms with Crippen molar-refractivity contribution in [2.45, 2.75) is 13.3 Å². The fourth-order valence-corrected chi connectivity index (χ4v) is 1.37. The molecule has 0 saturated carbocycles. The van der Waals surface area contributed by atoms with Gasteiger partial charge in [0.1, 0.15) is 0 Å². The van der Waals surface area contributed by atoms with Crippen molar-refractivity contribution in [3.8, 4) is 0 Å². The predicted molar refractivity (Wildman–Crippen MR) is 40.8 cm³/mol. The summed E-state index contributed by atoms with van der Waals surface area (Å²) in [6.07, 6.45) is 0.784. The molecule has 0 fully saturated rings. The maximum Gasteiger partial charge on any atom is 0.353 e. The smallest absolute Gasteiger partial charge is 0.323 e. The molecule has 0 aliphatic rings. The molecule has 0 bridgehead atoms. The van der Waals surface area contributed by atoms with E-state index in [9.17, 15) is 0 Å². The van der Waals surface area contributed by atoms with Crippen molar-refractivity contribution < 1.29 is 19.0 Å². The minimum absolute atomic E-state index is 0.386. The number of hydrogen-bond donors (Lipinski definition) is 1. The molecule has 0 amide bonds. The number of hydrogen-bond acceptors (Lipinski definition) is 4. The maximum atomic E-state index is 9.00. The summed E-state index contributed by atoms with van der Waals surface area (Å²) < 4.78 is 9.04. The minimum Gasteiger partial charge on any atom is -0.323 e. The van der Waals surface area contributed by atoms with Gasteiger partial charge in [0.05, 0.1) is 13.7 Å². The summed E-state index contributed by atoms with van der Waals surface area (Å²) in [5.41, 5.74) is 0. The Bertz CT molecular complexity index is 128. The molecule has 4 nitrogen and oxygen atoms in total. The second-order valence-electron chi connectivity index (χ2n) is 1.54. The zero-order chi connectivity index (χ0) is 8.04. The van der Waals surface area contributed by atoms with Crippen molar-refractivity contribution in [1.29, 1.82) is 0 Å². The Hall–Kier alpha value is 0.490. The summed E-state index contributed by atoms with van der Waals surface area (Å²) in [7, 11) is 1.27. The van der Waals surface area contributed by atoms with Crippen LogP contribution in [0, 0.1) is 0 Å². The summed E-state index contributed by atoms with van der Waals surface area (Å²) >= 11 is 4.51. The average Bonchev–Trinajstić information content (AvgIpc) is 1.84. The topological polar surface area (TPSA) is 47.9 Å². The van der Waals surface area contributed by atoms with Crippen LogP contribution in [0.5, 0.6) is 0 Å². The highest BCUT2D eigenvalue weighted by molar-refractivity contribution is 8.07. The van der Waals surface area contributed by atoms with Crippen LogP contribution >= 0.6 is 6.72 Å². The van der Waals surface area contributed by atoms with Gasteiger partial charge in [-0.15, -0.1) is 4.67 Å². The number of rotatable bonds is 5. The SMILES string of the molecule is CCCOP(O)(=S)OOC. The molecule has 0 aromatic carbocycles. The summed E-state index contributed by atoms with van der Waals surface area (Å²) in [5, 5.41) is 0.